The van der Waals surface area contributed by atoms with E-state index in [4.69, 9.17) is 9.84 Å². The Balaban J connectivity index is 0.000000247. The number of aliphatic hydroxyl groups is 1. The lowest BCUT2D eigenvalue weighted by Crippen LogP contribution is -1.93. The fourth-order valence-corrected chi connectivity index (χ4v) is 1.61. The highest BCUT2D eigenvalue weighted by molar-refractivity contribution is 5.15. The SMILES string of the molecule is OC[C@@H]1CO1.c1ccc(COCc2ccccc2)cc1. The van der Waals surface area contributed by atoms with Crippen LogP contribution >= 0.6 is 0 Å². The zero-order valence-corrected chi connectivity index (χ0v) is 11.4. The van der Waals surface area contributed by atoms with Gasteiger partial charge in [-0.3, -0.25) is 0 Å². The first kappa shape index (κ1) is 14.7. The second kappa shape index (κ2) is 8.48. The molecule has 3 heteroatoms. The van der Waals surface area contributed by atoms with E-state index in [0.717, 1.165) is 6.61 Å². The van der Waals surface area contributed by atoms with Crippen LogP contribution in [0.15, 0.2) is 60.7 Å². The average Bonchev–Trinajstić information content (AvgIpc) is 3.34. The number of hydrogen-bond acceptors (Lipinski definition) is 3. The normalized spacial score (nSPS) is 16.1. The summed E-state index contributed by atoms with van der Waals surface area (Å²) < 4.78 is 10.2. The largest absolute Gasteiger partial charge is 0.394 e. The number of rotatable bonds is 5. The highest BCUT2D eigenvalue weighted by Crippen LogP contribution is 2.05. The van der Waals surface area contributed by atoms with E-state index < -0.39 is 0 Å². The highest BCUT2D eigenvalue weighted by atomic mass is 16.6. The van der Waals surface area contributed by atoms with Crippen molar-refractivity contribution < 1.29 is 14.6 Å². The molecule has 3 rings (SSSR count). The van der Waals surface area contributed by atoms with E-state index in [9.17, 15) is 0 Å². The van der Waals surface area contributed by atoms with Gasteiger partial charge in [0.05, 0.1) is 26.4 Å². The number of ether oxygens (including phenoxy) is 2. The third kappa shape index (κ3) is 5.97. The molecular formula is C17H20O3. The van der Waals surface area contributed by atoms with Gasteiger partial charge in [-0.1, -0.05) is 60.7 Å². The van der Waals surface area contributed by atoms with Crippen LogP contribution in [0.25, 0.3) is 0 Å². The third-order valence-corrected chi connectivity index (χ3v) is 2.83. The van der Waals surface area contributed by atoms with Gasteiger partial charge < -0.3 is 14.6 Å². The zero-order valence-electron chi connectivity index (χ0n) is 11.4. The summed E-state index contributed by atoms with van der Waals surface area (Å²) in [6, 6.07) is 20.4. The standard InChI is InChI=1S/C14H14O.C3H6O2/c1-3-7-13(8-4-1)11-15-12-14-9-5-2-6-10-14;4-1-3-2-5-3/h1-10H,11-12H2;3-4H,1-2H2/t;3-/m.1/s1. The van der Waals surface area contributed by atoms with Crippen molar-refractivity contribution in [3.63, 3.8) is 0 Å². The van der Waals surface area contributed by atoms with E-state index in [1.165, 1.54) is 11.1 Å². The van der Waals surface area contributed by atoms with E-state index >= 15 is 0 Å². The van der Waals surface area contributed by atoms with Gasteiger partial charge in [0.15, 0.2) is 0 Å². The average molecular weight is 272 g/mol. The lowest BCUT2D eigenvalue weighted by molar-refractivity contribution is 0.107. The molecule has 0 amide bonds. The van der Waals surface area contributed by atoms with E-state index in [-0.39, 0.29) is 12.7 Å². The van der Waals surface area contributed by atoms with Gasteiger partial charge in [-0.15, -0.1) is 0 Å². The van der Waals surface area contributed by atoms with Crippen LogP contribution in [-0.2, 0) is 22.7 Å². The first-order valence-corrected chi connectivity index (χ1v) is 6.76. The number of aliphatic hydroxyl groups excluding tert-OH is 1. The Labute approximate surface area is 119 Å². The predicted octanol–water partition coefficient (Wildman–Crippen LogP) is 2.78. The highest BCUT2D eigenvalue weighted by Gasteiger charge is 2.19. The van der Waals surface area contributed by atoms with Gasteiger partial charge in [-0.25, -0.2) is 0 Å². The summed E-state index contributed by atoms with van der Waals surface area (Å²) in [5.41, 5.74) is 2.43. The van der Waals surface area contributed by atoms with Crippen molar-refractivity contribution in [3.05, 3.63) is 71.8 Å². The molecular weight excluding hydrogens is 252 g/mol. The van der Waals surface area contributed by atoms with Crippen molar-refractivity contribution in [2.45, 2.75) is 19.3 Å². The second-order valence-electron chi connectivity index (χ2n) is 4.60. The maximum atomic E-state index is 8.08. The maximum absolute atomic E-state index is 8.08. The van der Waals surface area contributed by atoms with E-state index in [0.29, 0.717) is 13.2 Å². The fourth-order valence-electron chi connectivity index (χ4n) is 1.61. The molecule has 0 spiro atoms. The molecule has 2 aromatic rings. The second-order valence-corrected chi connectivity index (χ2v) is 4.60. The van der Waals surface area contributed by atoms with Crippen LogP contribution in [0.4, 0.5) is 0 Å². The summed E-state index contributed by atoms with van der Waals surface area (Å²) in [6.45, 7) is 2.31. The molecule has 1 saturated heterocycles. The summed E-state index contributed by atoms with van der Waals surface area (Å²) in [4.78, 5) is 0. The summed E-state index contributed by atoms with van der Waals surface area (Å²) in [6.07, 6.45) is 0.190. The molecule has 1 atom stereocenters. The van der Waals surface area contributed by atoms with Crippen molar-refractivity contribution in [3.8, 4) is 0 Å². The smallest absolute Gasteiger partial charge is 0.104 e. The Kier molecular flexibility index (Phi) is 6.24. The minimum Gasteiger partial charge on any atom is -0.394 e. The Morgan fingerprint density at radius 1 is 0.900 bits per heavy atom. The Bertz CT molecular complexity index is 427. The molecule has 0 unspecified atom stereocenters. The van der Waals surface area contributed by atoms with Gasteiger partial charge in [0.25, 0.3) is 0 Å². The zero-order chi connectivity index (χ0) is 14.0. The molecule has 1 heterocycles. The Hall–Kier alpha value is -1.68. The van der Waals surface area contributed by atoms with Crippen molar-refractivity contribution in [1.29, 1.82) is 0 Å². The number of hydrogen-bond donors (Lipinski definition) is 1. The minimum atomic E-state index is 0.190. The molecule has 0 radical (unpaired) electrons. The lowest BCUT2D eigenvalue weighted by atomic mass is 10.2. The van der Waals surface area contributed by atoms with Crippen LogP contribution < -0.4 is 0 Å². The van der Waals surface area contributed by atoms with Gasteiger partial charge >= 0.3 is 0 Å². The van der Waals surface area contributed by atoms with Gasteiger partial charge in [-0.05, 0) is 11.1 Å². The summed E-state index contributed by atoms with van der Waals surface area (Å²) in [5.74, 6) is 0. The molecule has 2 aromatic carbocycles. The van der Waals surface area contributed by atoms with Gasteiger partial charge in [-0.2, -0.15) is 0 Å². The number of benzene rings is 2. The quantitative estimate of drug-likeness (QED) is 0.851. The summed E-state index contributed by atoms with van der Waals surface area (Å²) in [5, 5.41) is 8.08. The Morgan fingerprint density at radius 2 is 1.35 bits per heavy atom. The van der Waals surface area contributed by atoms with Crippen LogP contribution in [0.2, 0.25) is 0 Å². The molecule has 1 N–H and O–H groups in total. The first-order valence-electron chi connectivity index (χ1n) is 6.76. The van der Waals surface area contributed by atoms with Crippen molar-refractivity contribution >= 4 is 0 Å². The molecule has 0 aromatic heterocycles. The van der Waals surface area contributed by atoms with Crippen LogP contribution in [0.3, 0.4) is 0 Å². The maximum Gasteiger partial charge on any atom is 0.104 e. The van der Waals surface area contributed by atoms with E-state index in [1.807, 2.05) is 36.4 Å². The monoisotopic (exact) mass is 272 g/mol. The number of epoxide rings is 1. The molecule has 1 aliphatic heterocycles. The van der Waals surface area contributed by atoms with Crippen LogP contribution in [0, 0.1) is 0 Å². The molecule has 0 saturated carbocycles. The molecule has 1 aliphatic rings. The van der Waals surface area contributed by atoms with E-state index in [2.05, 4.69) is 29.0 Å². The molecule has 0 aliphatic carbocycles. The van der Waals surface area contributed by atoms with Crippen molar-refractivity contribution in [2.24, 2.45) is 0 Å². The van der Waals surface area contributed by atoms with E-state index in [1.54, 1.807) is 0 Å². The third-order valence-electron chi connectivity index (χ3n) is 2.83. The van der Waals surface area contributed by atoms with Crippen molar-refractivity contribution in [2.75, 3.05) is 13.2 Å². The Morgan fingerprint density at radius 3 is 1.65 bits per heavy atom. The van der Waals surface area contributed by atoms with Gasteiger partial charge in [0.2, 0.25) is 0 Å². The van der Waals surface area contributed by atoms with Crippen LogP contribution in [0.1, 0.15) is 11.1 Å². The molecule has 1 fully saturated rings. The summed E-state index contributed by atoms with van der Waals surface area (Å²) >= 11 is 0. The first-order chi connectivity index (χ1) is 9.88. The molecule has 20 heavy (non-hydrogen) atoms. The fraction of sp³-hybridized carbons (Fsp3) is 0.294. The predicted molar refractivity (Wildman–Crippen MR) is 78.2 cm³/mol. The molecule has 3 nitrogen and oxygen atoms in total. The van der Waals surface area contributed by atoms with Gasteiger partial charge in [0, 0.05) is 0 Å². The van der Waals surface area contributed by atoms with Gasteiger partial charge in [0.1, 0.15) is 6.10 Å². The minimum absolute atomic E-state index is 0.190. The summed E-state index contributed by atoms with van der Waals surface area (Å²) in [7, 11) is 0. The molecule has 0 bridgehead atoms. The van der Waals surface area contributed by atoms with Crippen LogP contribution in [-0.4, -0.2) is 24.4 Å². The van der Waals surface area contributed by atoms with Crippen molar-refractivity contribution in [1.82, 2.24) is 0 Å². The topological polar surface area (TPSA) is 42.0 Å². The lowest BCUT2D eigenvalue weighted by Gasteiger charge is -2.03. The molecule has 106 valence electrons. The van der Waals surface area contributed by atoms with Crippen LogP contribution in [0.5, 0.6) is 0 Å².